The molecule has 102 valence electrons. The predicted octanol–water partition coefficient (Wildman–Crippen LogP) is 2.37. The van der Waals surface area contributed by atoms with Gasteiger partial charge in [-0.2, -0.15) is 0 Å². The highest BCUT2D eigenvalue weighted by atomic mass is 79.9. The van der Waals surface area contributed by atoms with Crippen LogP contribution >= 0.6 is 15.9 Å². The van der Waals surface area contributed by atoms with Crippen molar-refractivity contribution in [3.63, 3.8) is 0 Å². The molecule has 3 rings (SSSR count). The minimum Gasteiger partial charge on any atom is -0.340 e. The van der Waals surface area contributed by atoms with Crippen LogP contribution in [-0.4, -0.2) is 36.5 Å². The van der Waals surface area contributed by atoms with Gasteiger partial charge in [0.15, 0.2) is 0 Å². The van der Waals surface area contributed by atoms with Crippen LogP contribution in [0.15, 0.2) is 28.7 Å². The highest BCUT2D eigenvalue weighted by molar-refractivity contribution is 9.10. The van der Waals surface area contributed by atoms with Crippen molar-refractivity contribution in [1.29, 1.82) is 0 Å². The molecule has 1 amide bonds. The standard InChI is InChI=1S/C15H19BrN2O/c1-10-9-18(7-6-17-10)15(19)14-8-13(14)11-2-4-12(16)5-3-11/h2-5,10,13-14,17H,6-9H2,1H3/t10-,13+,14-/m1/s1. The maximum absolute atomic E-state index is 12.4. The van der Waals surface area contributed by atoms with E-state index in [9.17, 15) is 4.79 Å². The molecular formula is C15H19BrN2O. The zero-order valence-electron chi connectivity index (χ0n) is 11.1. The molecule has 19 heavy (non-hydrogen) atoms. The molecule has 3 nitrogen and oxygen atoms in total. The fraction of sp³-hybridized carbons (Fsp3) is 0.533. The molecule has 0 bridgehead atoms. The lowest BCUT2D eigenvalue weighted by atomic mass is 10.1. The molecule has 0 unspecified atom stereocenters. The first-order chi connectivity index (χ1) is 9.15. The van der Waals surface area contributed by atoms with Crippen LogP contribution in [0.1, 0.15) is 24.8 Å². The summed E-state index contributed by atoms with van der Waals surface area (Å²) in [6, 6.07) is 8.79. The minimum absolute atomic E-state index is 0.214. The summed E-state index contributed by atoms with van der Waals surface area (Å²) in [5, 5.41) is 3.38. The number of nitrogens with one attached hydrogen (secondary N) is 1. The summed E-state index contributed by atoms with van der Waals surface area (Å²) in [5.41, 5.74) is 1.30. The summed E-state index contributed by atoms with van der Waals surface area (Å²) in [6.07, 6.45) is 1.01. The number of hydrogen-bond donors (Lipinski definition) is 1. The Labute approximate surface area is 122 Å². The van der Waals surface area contributed by atoms with Gasteiger partial charge in [-0.15, -0.1) is 0 Å². The van der Waals surface area contributed by atoms with Gasteiger partial charge in [0, 0.05) is 36.1 Å². The number of benzene rings is 1. The summed E-state index contributed by atoms with van der Waals surface area (Å²) < 4.78 is 1.09. The molecule has 1 heterocycles. The van der Waals surface area contributed by atoms with Crippen molar-refractivity contribution in [3.8, 4) is 0 Å². The van der Waals surface area contributed by atoms with Gasteiger partial charge in [-0.05, 0) is 37.0 Å². The first-order valence-electron chi connectivity index (χ1n) is 6.93. The van der Waals surface area contributed by atoms with Crippen LogP contribution in [0.25, 0.3) is 0 Å². The summed E-state index contributed by atoms with van der Waals surface area (Å²) in [6.45, 7) is 4.76. The first-order valence-corrected chi connectivity index (χ1v) is 7.72. The van der Waals surface area contributed by atoms with Crippen LogP contribution in [0.4, 0.5) is 0 Å². The van der Waals surface area contributed by atoms with Crippen molar-refractivity contribution < 1.29 is 4.79 Å². The molecule has 0 aromatic heterocycles. The van der Waals surface area contributed by atoms with Crippen LogP contribution < -0.4 is 5.32 Å². The van der Waals surface area contributed by atoms with Crippen LogP contribution in [0.3, 0.4) is 0 Å². The van der Waals surface area contributed by atoms with Gasteiger partial charge in [0.05, 0.1) is 0 Å². The van der Waals surface area contributed by atoms with Crippen LogP contribution in [0.2, 0.25) is 0 Å². The Morgan fingerprint density at radius 3 is 2.79 bits per heavy atom. The molecule has 0 radical (unpaired) electrons. The SMILES string of the molecule is C[C@@H]1CN(C(=O)[C@@H]2C[C@H]2c2ccc(Br)cc2)CCN1. The maximum Gasteiger partial charge on any atom is 0.226 e. The average Bonchev–Trinajstić information content (AvgIpc) is 3.19. The van der Waals surface area contributed by atoms with E-state index in [0.717, 1.165) is 30.5 Å². The van der Waals surface area contributed by atoms with E-state index in [1.54, 1.807) is 0 Å². The largest absolute Gasteiger partial charge is 0.340 e. The van der Waals surface area contributed by atoms with Gasteiger partial charge < -0.3 is 10.2 Å². The number of carbonyl (C=O) groups is 1. The Kier molecular flexibility index (Phi) is 3.63. The Morgan fingerprint density at radius 1 is 1.37 bits per heavy atom. The van der Waals surface area contributed by atoms with Crippen LogP contribution in [0.5, 0.6) is 0 Å². The second kappa shape index (κ2) is 5.25. The third kappa shape index (κ3) is 2.84. The third-order valence-electron chi connectivity index (χ3n) is 4.09. The lowest BCUT2D eigenvalue weighted by molar-refractivity contribution is -0.133. The number of halogens is 1. The third-order valence-corrected chi connectivity index (χ3v) is 4.61. The van der Waals surface area contributed by atoms with E-state index in [0.29, 0.717) is 17.9 Å². The smallest absolute Gasteiger partial charge is 0.226 e. The number of carbonyl (C=O) groups excluding carboxylic acids is 1. The fourth-order valence-electron chi connectivity index (χ4n) is 2.91. The molecule has 1 aromatic carbocycles. The second-order valence-electron chi connectivity index (χ2n) is 5.64. The van der Waals surface area contributed by atoms with Gasteiger partial charge in [-0.25, -0.2) is 0 Å². The molecule has 3 atom stereocenters. The van der Waals surface area contributed by atoms with E-state index in [2.05, 4.69) is 52.4 Å². The predicted molar refractivity (Wildman–Crippen MR) is 79.0 cm³/mol. The Balaban J connectivity index is 1.62. The normalized spacial score (nSPS) is 30.2. The van der Waals surface area contributed by atoms with E-state index in [1.807, 2.05) is 4.90 Å². The quantitative estimate of drug-likeness (QED) is 0.906. The molecular weight excluding hydrogens is 304 g/mol. The molecule has 2 aliphatic rings. The van der Waals surface area contributed by atoms with Crippen molar-refractivity contribution in [1.82, 2.24) is 10.2 Å². The van der Waals surface area contributed by atoms with Crippen LogP contribution in [-0.2, 0) is 4.79 Å². The van der Waals surface area contributed by atoms with E-state index < -0.39 is 0 Å². The number of nitrogens with zero attached hydrogens (tertiary/aromatic N) is 1. The summed E-state index contributed by atoms with van der Waals surface area (Å²) in [5.74, 6) is 0.999. The van der Waals surface area contributed by atoms with E-state index in [-0.39, 0.29) is 5.92 Å². The van der Waals surface area contributed by atoms with Gasteiger partial charge in [0.1, 0.15) is 0 Å². The second-order valence-corrected chi connectivity index (χ2v) is 6.56. The average molecular weight is 323 g/mol. The molecule has 2 fully saturated rings. The van der Waals surface area contributed by atoms with Gasteiger partial charge in [0.25, 0.3) is 0 Å². The highest BCUT2D eigenvalue weighted by Gasteiger charge is 2.46. The Bertz CT molecular complexity index is 474. The lowest BCUT2D eigenvalue weighted by Gasteiger charge is -2.32. The molecule has 1 saturated heterocycles. The van der Waals surface area contributed by atoms with Crippen molar-refractivity contribution in [3.05, 3.63) is 34.3 Å². The topological polar surface area (TPSA) is 32.3 Å². The van der Waals surface area contributed by atoms with E-state index in [1.165, 1.54) is 5.56 Å². The summed E-state index contributed by atoms with van der Waals surface area (Å²) in [7, 11) is 0. The lowest BCUT2D eigenvalue weighted by Crippen LogP contribution is -2.51. The number of rotatable bonds is 2. The van der Waals surface area contributed by atoms with E-state index >= 15 is 0 Å². The monoisotopic (exact) mass is 322 g/mol. The van der Waals surface area contributed by atoms with Crippen molar-refractivity contribution in [2.75, 3.05) is 19.6 Å². The minimum atomic E-state index is 0.214. The summed E-state index contributed by atoms with van der Waals surface area (Å²) >= 11 is 3.45. The fourth-order valence-corrected chi connectivity index (χ4v) is 3.18. The molecule has 1 aliphatic carbocycles. The molecule has 1 aliphatic heterocycles. The maximum atomic E-state index is 12.4. The van der Waals surface area contributed by atoms with Gasteiger partial charge in [0.2, 0.25) is 5.91 Å². The molecule has 4 heteroatoms. The van der Waals surface area contributed by atoms with Crippen molar-refractivity contribution in [2.24, 2.45) is 5.92 Å². The molecule has 1 aromatic rings. The number of hydrogen-bond acceptors (Lipinski definition) is 2. The van der Waals surface area contributed by atoms with Gasteiger partial charge in [-0.1, -0.05) is 28.1 Å². The molecule has 1 N–H and O–H groups in total. The molecule has 0 spiro atoms. The Morgan fingerprint density at radius 2 is 2.11 bits per heavy atom. The van der Waals surface area contributed by atoms with Crippen molar-refractivity contribution >= 4 is 21.8 Å². The number of piperazine rings is 1. The van der Waals surface area contributed by atoms with Crippen LogP contribution in [0, 0.1) is 5.92 Å². The number of amides is 1. The zero-order valence-corrected chi connectivity index (χ0v) is 12.7. The Hall–Kier alpha value is -0.870. The van der Waals surface area contributed by atoms with Crippen molar-refractivity contribution in [2.45, 2.75) is 25.3 Å². The van der Waals surface area contributed by atoms with Gasteiger partial charge in [-0.3, -0.25) is 4.79 Å². The first kappa shape index (κ1) is 13.1. The summed E-state index contributed by atoms with van der Waals surface area (Å²) in [4.78, 5) is 14.5. The van der Waals surface area contributed by atoms with Gasteiger partial charge >= 0.3 is 0 Å². The molecule has 1 saturated carbocycles. The highest BCUT2D eigenvalue weighted by Crippen LogP contribution is 2.48. The zero-order chi connectivity index (χ0) is 13.4. The van der Waals surface area contributed by atoms with E-state index in [4.69, 9.17) is 0 Å².